The number of piperidine rings is 1. The largest absolute Gasteiger partial charge is 0.467 e. The van der Waals surface area contributed by atoms with E-state index in [1.54, 1.807) is 18.2 Å². The molecule has 0 N–H and O–H groups in total. The molecule has 3 heteroatoms. The fourth-order valence-corrected chi connectivity index (χ4v) is 2.57. The van der Waals surface area contributed by atoms with Crippen LogP contribution < -0.4 is 9.64 Å². The average molecular weight is 270 g/mol. The highest BCUT2D eigenvalue weighted by Crippen LogP contribution is 2.27. The van der Waals surface area contributed by atoms with Crippen molar-refractivity contribution < 1.29 is 9.13 Å². The molecule has 2 aromatic rings. The molecule has 1 atom stereocenters. The van der Waals surface area contributed by atoms with E-state index in [2.05, 4.69) is 11.0 Å². The summed E-state index contributed by atoms with van der Waals surface area (Å²) in [4.78, 5) is 2.19. The third-order valence-electron chi connectivity index (χ3n) is 3.57. The number of para-hydroxylation sites is 1. The lowest BCUT2D eigenvalue weighted by Gasteiger charge is -2.37. The summed E-state index contributed by atoms with van der Waals surface area (Å²) in [5.41, 5.74) is 1.08. The highest BCUT2D eigenvalue weighted by atomic mass is 19.1. The topological polar surface area (TPSA) is 12.5 Å². The zero-order valence-electron chi connectivity index (χ0n) is 11.3. The van der Waals surface area contributed by atoms with Gasteiger partial charge in [-0.25, -0.2) is 4.39 Å². The van der Waals surface area contributed by atoms with Crippen LogP contribution in [0.1, 0.15) is 19.3 Å². The maximum atomic E-state index is 13.7. The molecule has 2 nitrogen and oxygen atoms in total. The van der Waals surface area contributed by atoms with Crippen molar-refractivity contribution in [3.05, 3.63) is 60.4 Å². The highest BCUT2D eigenvalue weighted by Gasteiger charge is 2.24. The first-order chi connectivity index (χ1) is 9.84. The molecule has 0 aromatic heterocycles. The summed E-state index contributed by atoms with van der Waals surface area (Å²) >= 11 is 0. The molecule has 20 heavy (non-hydrogen) atoms. The third-order valence-corrected chi connectivity index (χ3v) is 3.57. The number of halogens is 1. The van der Waals surface area contributed by atoms with Gasteiger partial charge in [0.25, 0.3) is 0 Å². The van der Waals surface area contributed by atoms with E-state index in [0.29, 0.717) is 5.75 Å². The maximum absolute atomic E-state index is 13.7. The van der Waals surface area contributed by atoms with Crippen LogP contribution in [0.2, 0.25) is 0 Å². The molecule has 1 heterocycles. The summed E-state index contributed by atoms with van der Waals surface area (Å²) in [7, 11) is 0. The van der Waals surface area contributed by atoms with Crippen molar-refractivity contribution in [3.63, 3.8) is 0 Å². The van der Waals surface area contributed by atoms with Crippen LogP contribution in [-0.2, 0) is 0 Å². The molecule has 0 aliphatic carbocycles. The van der Waals surface area contributed by atoms with Gasteiger partial charge in [0.05, 0.1) is 0 Å². The first-order valence-corrected chi connectivity index (χ1v) is 6.98. The van der Waals surface area contributed by atoms with E-state index in [9.17, 15) is 4.39 Å². The molecule has 3 rings (SSSR count). The van der Waals surface area contributed by atoms with Crippen molar-refractivity contribution in [1.82, 2.24) is 0 Å². The van der Waals surface area contributed by atoms with E-state index in [4.69, 9.17) is 4.74 Å². The Kier molecular flexibility index (Phi) is 3.86. The zero-order chi connectivity index (χ0) is 13.8. The molecule has 1 unspecified atom stereocenters. The van der Waals surface area contributed by atoms with Crippen LogP contribution in [0.15, 0.2) is 48.5 Å². The lowest BCUT2D eigenvalue weighted by atomic mass is 10.1. The number of rotatable bonds is 3. The molecule has 0 saturated carbocycles. The average Bonchev–Trinajstić information content (AvgIpc) is 2.51. The number of anilines is 1. The molecule has 103 valence electrons. The predicted octanol–water partition coefficient (Wildman–Crippen LogP) is 4.02. The van der Waals surface area contributed by atoms with E-state index < -0.39 is 0 Å². The van der Waals surface area contributed by atoms with E-state index in [-0.39, 0.29) is 12.0 Å². The second-order valence-electron chi connectivity index (χ2n) is 4.95. The molecule has 0 amide bonds. The van der Waals surface area contributed by atoms with Gasteiger partial charge in [0.15, 0.2) is 17.8 Å². The van der Waals surface area contributed by atoms with Gasteiger partial charge in [-0.05, 0) is 43.2 Å². The fourth-order valence-electron chi connectivity index (χ4n) is 2.57. The molecule has 0 bridgehead atoms. The monoisotopic (exact) mass is 270 g/mol. The summed E-state index contributed by atoms with van der Waals surface area (Å²) in [5.74, 6) is 0.0157. The van der Waals surface area contributed by atoms with Crippen LogP contribution in [0.5, 0.6) is 5.75 Å². The quantitative estimate of drug-likeness (QED) is 0.835. The van der Waals surface area contributed by atoms with Gasteiger partial charge in [-0.2, -0.15) is 0 Å². The van der Waals surface area contributed by atoms with Crippen LogP contribution >= 0.6 is 0 Å². The zero-order valence-corrected chi connectivity index (χ0v) is 11.3. The molecular weight excluding hydrogens is 253 g/mol. The van der Waals surface area contributed by atoms with Crippen molar-refractivity contribution in [2.45, 2.75) is 25.5 Å². The van der Waals surface area contributed by atoms with Gasteiger partial charge < -0.3 is 9.64 Å². The van der Waals surface area contributed by atoms with Crippen LogP contribution in [0.25, 0.3) is 0 Å². The maximum Gasteiger partial charge on any atom is 0.172 e. The van der Waals surface area contributed by atoms with E-state index >= 15 is 0 Å². The van der Waals surface area contributed by atoms with Crippen LogP contribution in [0.4, 0.5) is 10.1 Å². The van der Waals surface area contributed by atoms with Crippen LogP contribution in [-0.4, -0.2) is 12.8 Å². The Morgan fingerprint density at radius 2 is 2.05 bits per heavy atom. The Bertz CT molecular complexity index is 558. The van der Waals surface area contributed by atoms with E-state index in [1.165, 1.54) is 6.07 Å². The predicted molar refractivity (Wildman–Crippen MR) is 77.3 cm³/mol. The van der Waals surface area contributed by atoms with Gasteiger partial charge in [0.2, 0.25) is 0 Å². The summed E-state index contributed by atoms with van der Waals surface area (Å²) in [6.45, 7) is 0.928. The Hall–Kier alpha value is -2.03. The minimum absolute atomic E-state index is 0.114. The molecule has 1 aliphatic heterocycles. The molecule has 0 spiro atoms. The summed E-state index contributed by atoms with van der Waals surface area (Å²) in [6.07, 6.45) is 3.03. The summed E-state index contributed by atoms with van der Waals surface area (Å²) in [5, 5.41) is 0. The van der Waals surface area contributed by atoms with Crippen molar-refractivity contribution in [1.29, 1.82) is 0 Å². The number of hydrogen-bond donors (Lipinski definition) is 0. The molecule has 1 radical (unpaired) electrons. The van der Waals surface area contributed by atoms with Gasteiger partial charge in [0, 0.05) is 18.7 Å². The molecule has 1 aliphatic rings. The number of hydrogen-bond acceptors (Lipinski definition) is 2. The molecule has 2 aromatic carbocycles. The van der Waals surface area contributed by atoms with Crippen molar-refractivity contribution in [3.8, 4) is 5.75 Å². The second-order valence-corrected chi connectivity index (χ2v) is 4.95. The fraction of sp³-hybridized carbons (Fsp3) is 0.294. The first kappa shape index (κ1) is 13.0. The Morgan fingerprint density at radius 3 is 2.85 bits per heavy atom. The van der Waals surface area contributed by atoms with E-state index in [0.717, 1.165) is 31.5 Å². The summed E-state index contributed by atoms with van der Waals surface area (Å²) < 4.78 is 19.6. The minimum atomic E-state index is -0.308. The normalized spacial score (nSPS) is 18.9. The van der Waals surface area contributed by atoms with E-state index in [1.807, 2.05) is 24.3 Å². The van der Waals surface area contributed by atoms with Crippen molar-refractivity contribution in [2.24, 2.45) is 0 Å². The van der Waals surface area contributed by atoms with Crippen LogP contribution in [0, 0.1) is 11.9 Å². The number of benzene rings is 2. The SMILES string of the molecule is Fc1ccccc1OC1CCCCN1c1c[c]ccc1. The molecular formula is C17H17FNO. The lowest BCUT2D eigenvalue weighted by molar-refractivity contribution is 0.158. The standard InChI is InChI=1S/C17H17FNO/c18-15-10-4-5-11-16(15)20-17-12-6-7-13-19(17)14-8-2-1-3-9-14/h1-2,4-5,8-11,17H,6-7,12-13H2. The third kappa shape index (κ3) is 2.77. The van der Waals surface area contributed by atoms with Gasteiger partial charge in [-0.3, -0.25) is 0 Å². The lowest BCUT2D eigenvalue weighted by Crippen LogP contribution is -2.43. The Labute approximate surface area is 118 Å². The Balaban J connectivity index is 1.81. The number of ether oxygens (including phenoxy) is 1. The summed E-state index contributed by atoms with van der Waals surface area (Å²) in [6, 6.07) is 17.5. The van der Waals surface area contributed by atoms with Gasteiger partial charge >= 0.3 is 0 Å². The highest BCUT2D eigenvalue weighted by molar-refractivity contribution is 5.46. The molecule has 1 saturated heterocycles. The molecule has 1 fully saturated rings. The van der Waals surface area contributed by atoms with Gasteiger partial charge in [0.1, 0.15) is 0 Å². The smallest absolute Gasteiger partial charge is 0.172 e. The van der Waals surface area contributed by atoms with Crippen LogP contribution in [0.3, 0.4) is 0 Å². The Morgan fingerprint density at radius 1 is 1.15 bits per heavy atom. The minimum Gasteiger partial charge on any atom is -0.467 e. The second kappa shape index (κ2) is 5.95. The van der Waals surface area contributed by atoms with Gasteiger partial charge in [-0.1, -0.05) is 24.3 Å². The van der Waals surface area contributed by atoms with Gasteiger partial charge in [-0.15, -0.1) is 0 Å². The van der Waals surface area contributed by atoms with Crippen molar-refractivity contribution >= 4 is 5.69 Å². The number of nitrogens with zero attached hydrogens (tertiary/aromatic N) is 1. The van der Waals surface area contributed by atoms with Crippen molar-refractivity contribution in [2.75, 3.05) is 11.4 Å². The first-order valence-electron chi connectivity index (χ1n) is 6.98.